The lowest BCUT2D eigenvalue weighted by Crippen LogP contribution is -2.36. The van der Waals surface area contributed by atoms with Crippen molar-refractivity contribution in [3.05, 3.63) is 33.8 Å². The molecule has 0 radical (unpaired) electrons. The highest BCUT2D eigenvalue weighted by Gasteiger charge is 2.20. The molecule has 0 aliphatic rings. The molecule has 3 nitrogen and oxygen atoms in total. The van der Waals surface area contributed by atoms with E-state index < -0.39 is 16.0 Å². The quantitative estimate of drug-likeness (QED) is 0.874. The molecule has 1 aromatic rings. The third-order valence-electron chi connectivity index (χ3n) is 2.63. The van der Waals surface area contributed by atoms with Gasteiger partial charge >= 0.3 is 0 Å². The second kappa shape index (κ2) is 7.88. The fourth-order valence-corrected chi connectivity index (χ4v) is 3.11. The van der Waals surface area contributed by atoms with Gasteiger partial charge in [0.05, 0.1) is 5.75 Å². The van der Waals surface area contributed by atoms with Crippen molar-refractivity contribution in [2.45, 2.75) is 31.3 Å². The lowest BCUT2D eigenvalue weighted by Gasteiger charge is -2.12. The van der Waals surface area contributed by atoms with Crippen molar-refractivity contribution >= 4 is 39.9 Å². The first kappa shape index (κ1) is 16.5. The molecule has 0 aromatic heterocycles. The van der Waals surface area contributed by atoms with Crippen LogP contribution in [-0.2, 0) is 21.3 Å². The maximum absolute atomic E-state index is 12.1. The van der Waals surface area contributed by atoms with Crippen LogP contribution in [0.3, 0.4) is 0 Å². The SMILES string of the molecule is CCCNC(=O)C(C)S(=O)Cc1ccc(Cl)cc1Cl. The Morgan fingerprint density at radius 1 is 1.42 bits per heavy atom. The molecule has 0 spiro atoms. The fraction of sp³-hybridized carbons (Fsp3) is 0.462. The molecule has 6 heteroatoms. The zero-order valence-corrected chi connectivity index (χ0v) is 13.2. The van der Waals surface area contributed by atoms with Gasteiger partial charge in [0, 0.05) is 27.4 Å². The highest BCUT2D eigenvalue weighted by atomic mass is 35.5. The number of amides is 1. The van der Waals surface area contributed by atoms with Gasteiger partial charge < -0.3 is 5.32 Å². The summed E-state index contributed by atoms with van der Waals surface area (Å²) in [5.74, 6) is 0.0572. The van der Waals surface area contributed by atoms with Crippen LogP contribution in [0.4, 0.5) is 0 Å². The summed E-state index contributed by atoms with van der Waals surface area (Å²) in [6, 6.07) is 5.04. The number of rotatable bonds is 6. The zero-order valence-electron chi connectivity index (χ0n) is 10.9. The summed E-state index contributed by atoms with van der Waals surface area (Å²) in [5, 5.41) is 3.19. The third-order valence-corrected chi connectivity index (χ3v) is 4.81. The molecule has 0 aliphatic heterocycles. The molecule has 2 atom stereocenters. The predicted molar refractivity (Wildman–Crippen MR) is 81.1 cm³/mol. The molecule has 1 rings (SSSR count). The van der Waals surface area contributed by atoms with Crippen molar-refractivity contribution in [3.63, 3.8) is 0 Å². The molecule has 0 saturated carbocycles. The molecule has 0 aliphatic carbocycles. The Hall–Kier alpha value is -0.580. The second-order valence-corrected chi connectivity index (χ2v) is 6.79. The summed E-state index contributed by atoms with van der Waals surface area (Å²) in [6.45, 7) is 4.22. The smallest absolute Gasteiger partial charge is 0.235 e. The first-order valence-corrected chi connectivity index (χ1v) is 8.18. The van der Waals surface area contributed by atoms with Crippen molar-refractivity contribution < 1.29 is 9.00 Å². The number of benzene rings is 1. The Bertz CT molecular complexity index is 480. The lowest BCUT2D eigenvalue weighted by molar-refractivity contribution is -0.120. The van der Waals surface area contributed by atoms with E-state index in [1.807, 2.05) is 6.92 Å². The summed E-state index contributed by atoms with van der Waals surface area (Å²) >= 11 is 11.8. The van der Waals surface area contributed by atoms with Crippen LogP contribution in [0.15, 0.2) is 18.2 Å². The highest BCUT2D eigenvalue weighted by Crippen LogP contribution is 2.22. The van der Waals surface area contributed by atoms with E-state index in [-0.39, 0.29) is 11.7 Å². The fourth-order valence-electron chi connectivity index (χ4n) is 1.43. The van der Waals surface area contributed by atoms with Crippen LogP contribution in [0.25, 0.3) is 0 Å². The molecule has 19 heavy (non-hydrogen) atoms. The standard InChI is InChI=1S/C13H17Cl2NO2S/c1-3-6-16-13(17)9(2)19(18)8-10-4-5-11(14)7-12(10)15/h4-5,7,9H,3,6,8H2,1-2H3,(H,16,17). The molecule has 1 aromatic carbocycles. The van der Waals surface area contributed by atoms with Gasteiger partial charge in [-0.15, -0.1) is 0 Å². The second-order valence-electron chi connectivity index (χ2n) is 4.19. The minimum Gasteiger partial charge on any atom is -0.355 e. The van der Waals surface area contributed by atoms with Crippen LogP contribution < -0.4 is 5.32 Å². The van der Waals surface area contributed by atoms with E-state index >= 15 is 0 Å². The Morgan fingerprint density at radius 3 is 2.68 bits per heavy atom. The van der Waals surface area contributed by atoms with Gasteiger partial charge in [0.2, 0.25) is 5.91 Å². The average molecular weight is 322 g/mol. The van der Waals surface area contributed by atoms with Crippen molar-refractivity contribution in [2.24, 2.45) is 0 Å². The normalized spacial score (nSPS) is 13.9. The number of halogens is 2. The number of hydrogen-bond acceptors (Lipinski definition) is 2. The Kier molecular flexibility index (Phi) is 6.83. The highest BCUT2D eigenvalue weighted by molar-refractivity contribution is 7.85. The van der Waals surface area contributed by atoms with E-state index in [2.05, 4.69) is 5.32 Å². The van der Waals surface area contributed by atoms with E-state index in [4.69, 9.17) is 23.2 Å². The van der Waals surface area contributed by atoms with Gasteiger partial charge in [-0.3, -0.25) is 9.00 Å². The number of carbonyl (C=O) groups excluding carboxylic acids is 1. The van der Waals surface area contributed by atoms with E-state index in [9.17, 15) is 9.00 Å². The number of carbonyl (C=O) groups is 1. The summed E-state index contributed by atoms with van der Waals surface area (Å²) in [5.41, 5.74) is 0.736. The minimum atomic E-state index is -1.31. The Morgan fingerprint density at radius 2 is 2.11 bits per heavy atom. The van der Waals surface area contributed by atoms with Gasteiger partial charge in [-0.25, -0.2) is 0 Å². The Balaban J connectivity index is 2.66. The molecule has 1 N–H and O–H groups in total. The van der Waals surface area contributed by atoms with Crippen LogP contribution in [0.2, 0.25) is 10.0 Å². The molecule has 106 valence electrons. The first-order valence-electron chi connectivity index (χ1n) is 6.04. The summed E-state index contributed by atoms with van der Waals surface area (Å²) in [6.07, 6.45) is 0.855. The molecule has 2 unspecified atom stereocenters. The van der Waals surface area contributed by atoms with Gasteiger partial charge in [0.15, 0.2) is 0 Å². The van der Waals surface area contributed by atoms with E-state index in [0.29, 0.717) is 16.6 Å². The van der Waals surface area contributed by atoms with Crippen molar-refractivity contribution in [1.82, 2.24) is 5.32 Å². The predicted octanol–water partition coefficient (Wildman–Crippen LogP) is 3.16. The van der Waals surface area contributed by atoms with Crippen molar-refractivity contribution in [3.8, 4) is 0 Å². The lowest BCUT2D eigenvalue weighted by atomic mass is 10.2. The van der Waals surface area contributed by atoms with Crippen molar-refractivity contribution in [2.75, 3.05) is 6.54 Å². The van der Waals surface area contributed by atoms with Gasteiger partial charge in [0.1, 0.15) is 5.25 Å². The molecule has 0 heterocycles. The maximum Gasteiger partial charge on any atom is 0.235 e. The van der Waals surface area contributed by atoms with Gasteiger partial charge in [0.25, 0.3) is 0 Å². The van der Waals surface area contributed by atoms with E-state index in [1.165, 1.54) is 0 Å². The van der Waals surface area contributed by atoms with Gasteiger partial charge in [-0.2, -0.15) is 0 Å². The Labute approximate surface area is 126 Å². The number of hydrogen-bond donors (Lipinski definition) is 1. The first-order chi connectivity index (χ1) is 8.95. The molecule has 1 amide bonds. The summed E-state index contributed by atoms with van der Waals surface area (Å²) < 4.78 is 12.1. The van der Waals surface area contributed by atoms with E-state index in [0.717, 1.165) is 12.0 Å². The average Bonchev–Trinajstić information content (AvgIpc) is 2.38. The van der Waals surface area contributed by atoms with Gasteiger partial charge in [-0.05, 0) is 31.0 Å². The van der Waals surface area contributed by atoms with Crippen LogP contribution in [0, 0.1) is 0 Å². The third kappa shape index (κ3) is 5.13. The molecular formula is C13H17Cl2NO2S. The van der Waals surface area contributed by atoms with Crippen LogP contribution in [-0.4, -0.2) is 21.9 Å². The van der Waals surface area contributed by atoms with Gasteiger partial charge in [-0.1, -0.05) is 36.2 Å². The maximum atomic E-state index is 12.1. The molecule has 0 saturated heterocycles. The zero-order chi connectivity index (χ0) is 14.4. The minimum absolute atomic E-state index is 0.190. The largest absolute Gasteiger partial charge is 0.355 e. The van der Waals surface area contributed by atoms with Crippen LogP contribution >= 0.6 is 23.2 Å². The van der Waals surface area contributed by atoms with E-state index in [1.54, 1.807) is 25.1 Å². The van der Waals surface area contributed by atoms with Crippen LogP contribution in [0.5, 0.6) is 0 Å². The molecule has 0 fully saturated rings. The monoisotopic (exact) mass is 321 g/mol. The topological polar surface area (TPSA) is 46.2 Å². The number of nitrogens with one attached hydrogen (secondary N) is 1. The van der Waals surface area contributed by atoms with Crippen LogP contribution in [0.1, 0.15) is 25.8 Å². The summed E-state index contributed by atoms with van der Waals surface area (Å²) in [7, 11) is -1.31. The van der Waals surface area contributed by atoms with Crippen molar-refractivity contribution in [1.29, 1.82) is 0 Å². The molecular weight excluding hydrogens is 305 g/mol. The summed E-state index contributed by atoms with van der Waals surface area (Å²) in [4.78, 5) is 11.7. The molecule has 0 bridgehead atoms.